The van der Waals surface area contributed by atoms with Gasteiger partial charge in [0.1, 0.15) is 20.5 Å². The summed E-state index contributed by atoms with van der Waals surface area (Å²) in [7, 11) is -2.92. The first-order valence-electron chi connectivity index (χ1n) is 8.43. The van der Waals surface area contributed by atoms with E-state index in [4.69, 9.17) is 0 Å². The molecule has 0 bridgehead atoms. The van der Waals surface area contributed by atoms with Crippen molar-refractivity contribution in [2.45, 2.75) is 18.9 Å². The van der Waals surface area contributed by atoms with E-state index in [0.29, 0.717) is 28.5 Å². The standard InChI is InChI=1S/C18H16FN3O3S2/c19-13-3-1-2-11(8-13)16(23)15-9-12-10-20-18(22-17(12)26-15)21-14-4-6-27(24,25)7-5-14/h1-3,8-10,14H,4-7H2,(H,20,21,22). The van der Waals surface area contributed by atoms with E-state index in [9.17, 15) is 17.6 Å². The Morgan fingerprint density at radius 2 is 2.00 bits per heavy atom. The minimum absolute atomic E-state index is 0.0133. The molecule has 3 aromatic rings. The normalized spacial score (nSPS) is 17.1. The summed E-state index contributed by atoms with van der Waals surface area (Å²) in [5.74, 6) is 0.0294. The lowest BCUT2D eigenvalue weighted by Crippen LogP contribution is -2.32. The zero-order valence-corrected chi connectivity index (χ0v) is 15.8. The molecule has 9 heteroatoms. The molecule has 1 aliphatic heterocycles. The maximum absolute atomic E-state index is 13.4. The summed E-state index contributed by atoms with van der Waals surface area (Å²) in [5, 5.41) is 3.91. The van der Waals surface area contributed by atoms with Crippen molar-refractivity contribution in [2.24, 2.45) is 0 Å². The van der Waals surface area contributed by atoms with Gasteiger partial charge >= 0.3 is 0 Å². The van der Waals surface area contributed by atoms with Gasteiger partial charge in [-0.25, -0.2) is 22.8 Å². The number of ketones is 1. The van der Waals surface area contributed by atoms with Crippen molar-refractivity contribution in [1.29, 1.82) is 0 Å². The van der Waals surface area contributed by atoms with Gasteiger partial charge in [0, 0.05) is 23.2 Å². The Morgan fingerprint density at radius 1 is 1.22 bits per heavy atom. The minimum Gasteiger partial charge on any atom is -0.351 e. The summed E-state index contributed by atoms with van der Waals surface area (Å²) in [6.07, 6.45) is 2.68. The van der Waals surface area contributed by atoms with Crippen LogP contribution in [-0.2, 0) is 9.84 Å². The number of halogens is 1. The van der Waals surface area contributed by atoms with Gasteiger partial charge in [-0.15, -0.1) is 11.3 Å². The van der Waals surface area contributed by atoms with Crippen molar-refractivity contribution in [3.05, 3.63) is 52.8 Å². The average molecular weight is 405 g/mol. The number of rotatable bonds is 4. The molecule has 1 N–H and O–H groups in total. The number of aromatic nitrogens is 2. The number of hydrogen-bond donors (Lipinski definition) is 1. The molecule has 6 nitrogen and oxygen atoms in total. The molecular weight excluding hydrogens is 389 g/mol. The van der Waals surface area contributed by atoms with E-state index in [2.05, 4.69) is 15.3 Å². The highest BCUT2D eigenvalue weighted by atomic mass is 32.2. The number of sulfone groups is 1. The van der Waals surface area contributed by atoms with E-state index in [-0.39, 0.29) is 28.9 Å². The molecule has 0 unspecified atom stereocenters. The van der Waals surface area contributed by atoms with Crippen LogP contribution in [0, 0.1) is 5.82 Å². The van der Waals surface area contributed by atoms with Crippen molar-refractivity contribution >= 4 is 43.1 Å². The molecule has 0 saturated carbocycles. The van der Waals surface area contributed by atoms with Crippen LogP contribution >= 0.6 is 11.3 Å². The fraction of sp³-hybridized carbons (Fsp3) is 0.278. The molecular formula is C18H16FN3O3S2. The number of nitrogens with zero attached hydrogens (tertiary/aromatic N) is 2. The Hall–Kier alpha value is -2.39. The fourth-order valence-corrected chi connectivity index (χ4v) is 5.46. The highest BCUT2D eigenvalue weighted by Gasteiger charge is 2.24. The van der Waals surface area contributed by atoms with Gasteiger partial charge in [0.05, 0.1) is 16.4 Å². The molecule has 2 aromatic heterocycles. The Labute approximate surface area is 159 Å². The van der Waals surface area contributed by atoms with Crippen molar-refractivity contribution in [3.8, 4) is 0 Å². The number of anilines is 1. The third-order valence-corrected chi connectivity index (χ3v) is 7.23. The molecule has 0 radical (unpaired) electrons. The van der Waals surface area contributed by atoms with E-state index in [1.807, 2.05) is 0 Å². The maximum atomic E-state index is 13.4. The molecule has 0 atom stereocenters. The lowest BCUT2D eigenvalue weighted by molar-refractivity contribution is 0.104. The Balaban J connectivity index is 1.54. The Bertz CT molecular complexity index is 1110. The molecule has 1 aliphatic rings. The monoisotopic (exact) mass is 405 g/mol. The third-order valence-electron chi connectivity index (χ3n) is 4.47. The number of nitrogens with one attached hydrogen (secondary N) is 1. The van der Waals surface area contributed by atoms with Gasteiger partial charge in [0.25, 0.3) is 0 Å². The molecule has 3 heterocycles. The zero-order chi connectivity index (χ0) is 19.0. The van der Waals surface area contributed by atoms with Crippen LogP contribution in [0.15, 0.2) is 36.5 Å². The van der Waals surface area contributed by atoms with E-state index in [0.717, 1.165) is 5.39 Å². The fourth-order valence-electron chi connectivity index (χ4n) is 3.00. The first-order valence-corrected chi connectivity index (χ1v) is 11.1. The molecule has 1 aromatic carbocycles. The van der Waals surface area contributed by atoms with Crippen LogP contribution < -0.4 is 5.32 Å². The van der Waals surface area contributed by atoms with Crippen molar-refractivity contribution < 1.29 is 17.6 Å². The smallest absolute Gasteiger partial charge is 0.224 e. The molecule has 140 valence electrons. The topological polar surface area (TPSA) is 89.0 Å². The minimum atomic E-state index is -2.92. The highest BCUT2D eigenvalue weighted by molar-refractivity contribution is 7.91. The Morgan fingerprint density at radius 3 is 2.74 bits per heavy atom. The number of fused-ring (bicyclic) bond motifs is 1. The van der Waals surface area contributed by atoms with Crippen LogP contribution in [0.2, 0.25) is 0 Å². The lowest BCUT2D eigenvalue weighted by atomic mass is 10.1. The van der Waals surface area contributed by atoms with E-state index in [1.165, 1.54) is 29.5 Å². The molecule has 0 aliphatic carbocycles. The summed E-state index contributed by atoms with van der Waals surface area (Å²) in [6, 6.07) is 7.29. The molecule has 4 rings (SSSR count). The second-order valence-electron chi connectivity index (χ2n) is 6.47. The number of carbonyl (C=O) groups is 1. The van der Waals surface area contributed by atoms with Gasteiger partial charge < -0.3 is 5.32 Å². The first-order chi connectivity index (χ1) is 12.9. The number of thiophene rings is 1. The summed E-state index contributed by atoms with van der Waals surface area (Å²) in [6.45, 7) is 0. The highest BCUT2D eigenvalue weighted by Crippen LogP contribution is 2.27. The average Bonchev–Trinajstić information content (AvgIpc) is 3.06. The predicted octanol–water partition coefficient (Wildman–Crippen LogP) is 3.05. The van der Waals surface area contributed by atoms with E-state index < -0.39 is 15.7 Å². The first kappa shape index (κ1) is 18.0. The zero-order valence-electron chi connectivity index (χ0n) is 14.2. The van der Waals surface area contributed by atoms with Gasteiger partial charge in [-0.3, -0.25) is 4.79 Å². The van der Waals surface area contributed by atoms with Crippen LogP contribution in [0.1, 0.15) is 28.1 Å². The molecule has 27 heavy (non-hydrogen) atoms. The number of carbonyl (C=O) groups excluding carboxylic acids is 1. The molecule has 0 spiro atoms. The largest absolute Gasteiger partial charge is 0.351 e. The van der Waals surface area contributed by atoms with Gasteiger partial charge in [0.2, 0.25) is 11.7 Å². The third kappa shape index (κ3) is 3.98. The SMILES string of the molecule is O=C(c1cccc(F)c1)c1cc2cnc(NC3CCS(=O)(=O)CC3)nc2s1. The quantitative estimate of drug-likeness (QED) is 0.671. The van der Waals surface area contributed by atoms with E-state index >= 15 is 0 Å². The van der Waals surface area contributed by atoms with Gasteiger partial charge in [-0.05, 0) is 31.0 Å². The van der Waals surface area contributed by atoms with Gasteiger partial charge in [0.15, 0.2) is 0 Å². The van der Waals surface area contributed by atoms with E-state index in [1.54, 1.807) is 18.3 Å². The van der Waals surface area contributed by atoms with Crippen molar-refractivity contribution in [3.63, 3.8) is 0 Å². The van der Waals surface area contributed by atoms with Gasteiger partial charge in [-0.2, -0.15) is 0 Å². The number of hydrogen-bond acceptors (Lipinski definition) is 7. The number of benzene rings is 1. The summed E-state index contributed by atoms with van der Waals surface area (Å²) in [5.41, 5.74) is 0.288. The summed E-state index contributed by atoms with van der Waals surface area (Å²) in [4.78, 5) is 22.4. The van der Waals surface area contributed by atoms with Crippen molar-refractivity contribution in [1.82, 2.24) is 9.97 Å². The second-order valence-corrected chi connectivity index (χ2v) is 9.81. The summed E-state index contributed by atoms with van der Waals surface area (Å²) >= 11 is 1.22. The van der Waals surface area contributed by atoms with Gasteiger partial charge in [-0.1, -0.05) is 12.1 Å². The lowest BCUT2D eigenvalue weighted by Gasteiger charge is -2.22. The summed E-state index contributed by atoms with van der Waals surface area (Å²) < 4.78 is 36.4. The van der Waals surface area contributed by atoms with Crippen LogP contribution in [0.5, 0.6) is 0 Å². The molecule has 0 amide bonds. The second kappa shape index (κ2) is 6.97. The van der Waals surface area contributed by atoms with Crippen LogP contribution in [-0.4, -0.2) is 41.7 Å². The molecule has 1 saturated heterocycles. The van der Waals surface area contributed by atoms with Crippen LogP contribution in [0.3, 0.4) is 0 Å². The maximum Gasteiger partial charge on any atom is 0.224 e. The van der Waals surface area contributed by atoms with Crippen molar-refractivity contribution in [2.75, 3.05) is 16.8 Å². The van der Waals surface area contributed by atoms with Crippen LogP contribution in [0.25, 0.3) is 10.2 Å². The predicted molar refractivity (Wildman–Crippen MR) is 103 cm³/mol. The van der Waals surface area contributed by atoms with Crippen LogP contribution in [0.4, 0.5) is 10.3 Å². The Kier molecular flexibility index (Phi) is 4.65. The molecule has 1 fully saturated rings.